The predicted octanol–water partition coefficient (Wildman–Crippen LogP) is 2.27. The van der Waals surface area contributed by atoms with Crippen LogP contribution in [0.4, 0.5) is 0 Å². The molecule has 2 heterocycles. The molecule has 1 saturated heterocycles. The Balaban J connectivity index is 1.85. The van der Waals surface area contributed by atoms with Crippen molar-refractivity contribution < 1.29 is 9.53 Å². The molecule has 1 aromatic rings. The maximum absolute atomic E-state index is 12.1. The molecule has 1 fully saturated rings. The summed E-state index contributed by atoms with van der Waals surface area (Å²) in [4.78, 5) is 18.2. The normalized spacial score (nSPS) is 23.2. The van der Waals surface area contributed by atoms with Crippen LogP contribution in [-0.2, 0) is 4.79 Å². The van der Waals surface area contributed by atoms with Gasteiger partial charge in [-0.3, -0.25) is 9.78 Å². The van der Waals surface area contributed by atoms with Gasteiger partial charge in [0.1, 0.15) is 5.75 Å². The molecule has 2 rings (SSSR count). The molecule has 1 aliphatic heterocycles. The number of carbonyl (C=O) groups is 1. The number of ether oxygens (including phenoxy) is 1. The van der Waals surface area contributed by atoms with E-state index in [2.05, 4.69) is 18.8 Å². The second-order valence-electron chi connectivity index (χ2n) is 5.67. The van der Waals surface area contributed by atoms with Crippen molar-refractivity contribution in [3.05, 3.63) is 24.0 Å². The summed E-state index contributed by atoms with van der Waals surface area (Å²) in [6, 6.07) is 3.72. The molecule has 4 nitrogen and oxygen atoms in total. The summed E-state index contributed by atoms with van der Waals surface area (Å²) >= 11 is 0. The van der Waals surface area contributed by atoms with E-state index in [-0.39, 0.29) is 12.5 Å². The van der Waals surface area contributed by atoms with Crippen LogP contribution in [0.15, 0.2) is 18.3 Å². The number of amides is 1. The van der Waals surface area contributed by atoms with Gasteiger partial charge in [0.2, 0.25) is 0 Å². The fourth-order valence-electron chi connectivity index (χ4n) is 2.64. The molecule has 0 bridgehead atoms. The van der Waals surface area contributed by atoms with Gasteiger partial charge < -0.3 is 9.64 Å². The zero-order valence-electron chi connectivity index (χ0n) is 11.9. The summed E-state index contributed by atoms with van der Waals surface area (Å²) in [6.07, 6.45) is 2.86. The lowest BCUT2D eigenvalue weighted by Gasteiger charge is -2.34. The highest BCUT2D eigenvalue weighted by Gasteiger charge is 2.25. The Morgan fingerprint density at radius 3 is 2.63 bits per heavy atom. The maximum atomic E-state index is 12.1. The molecule has 0 spiro atoms. The van der Waals surface area contributed by atoms with Crippen molar-refractivity contribution in [1.82, 2.24) is 9.88 Å². The molecule has 1 aliphatic rings. The summed E-state index contributed by atoms with van der Waals surface area (Å²) < 4.78 is 5.49. The van der Waals surface area contributed by atoms with Gasteiger partial charge >= 0.3 is 0 Å². The van der Waals surface area contributed by atoms with Crippen molar-refractivity contribution in [2.75, 3.05) is 19.7 Å². The van der Waals surface area contributed by atoms with E-state index in [1.54, 1.807) is 6.20 Å². The number of aromatic nitrogens is 1. The third kappa shape index (κ3) is 3.94. The van der Waals surface area contributed by atoms with Crippen LogP contribution in [0.1, 0.15) is 26.0 Å². The minimum atomic E-state index is 0.0685. The fraction of sp³-hybridized carbons (Fsp3) is 0.600. The van der Waals surface area contributed by atoms with Gasteiger partial charge in [0.05, 0.1) is 6.20 Å². The van der Waals surface area contributed by atoms with E-state index in [9.17, 15) is 4.79 Å². The number of nitrogens with zero attached hydrogens (tertiary/aromatic N) is 2. The van der Waals surface area contributed by atoms with Gasteiger partial charge in [-0.05, 0) is 37.3 Å². The standard InChI is InChI=1S/C15H22N2O2/c1-11-6-12(2)9-17(8-11)15(18)10-19-14-5-4-13(3)16-7-14/h4-5,7,11-12H,6,8-10H2,1-3H3/t11-,12+. The average Bonchev–Trinajstić information content (AvgIpc) is 2.36. The smallest absolute Gasteiger partial charge is 0.260 e. The van der Waals surface area contributed by atoms with Crippen LogP contribution in [0, 0.1) is 18.8 Å². The average molecular weight is 262 g/mol. The van der Waals surface area contributed by atoms with Gasteiger partial charge in [0.15, 0.2) is 6.61 Å². The van der Waals surface area contributed by atoms with E-state index in [4.69, 9.17) is 4.74 Å². The quantitative estimate of drug-likeness (QED) is 0.839. The highest BCUT2D eigenvalue weighted by atomic mass is 16.5. The molecule has 0 aromatic carbocycles. The Hall–Kier alpha value is -1.58. The lowest BCUT2D eigenvalue weighted by molar-refractivity contribution is -0.136. The maximum Gasteiger partial charge on any atom is 0.260 e. The van der Waals surface area contributed by atoms with Gasteiger partial charge in [-0.2, -0.15) is 0 Å². The van der Waals surface area contributed by atoms with E-state index in [1.807, 2.05) is 24.0 Å². The zero-order chi connectivity index (χ0) is 13.8. The minimum absolute atomic E-state index is 0.0685. The van der Waals surface area contributed by atoms with Crippen molar-refractivity contribution >= 4 is 5.91 Å². The van der Waals surface area contributed by atoms with E-state index in [0.29, 0.717) is 17.6 Å². The first-order valence-corrected chi connectivity index (χ1v) is 6.88. The summed E-state index contributed by atoms with van der Waals surface area (Å²) in [6.45, 7) is 8.11. The van der Waals surface area contributed by atoms with Gasteiger partial charge in [-0.25, -0.2) is 0 Å². The Morgan fingerprint density at radius 1 is 1.37 bits per heavy atom. The highest BCUT2D eigenvalue weighted by Crippen LogP contribution is 2.21. The van der Waals surface area contributed by atoms with Crippen LogP contribution in [0.5, 0.6) is 5.75 Å². The number of aryl methyl sites for hydroxylation is 1. The van der Waals surface area contributed by atoms with Crippen LogP contribution in [0.3, 0.4) is 0 Å². The van der Waals surface area contributed by atoms with Crippen molar-refractivity contribution in [3.8, 4) is 5.75 Å². The third-order valence-electron chi connectivity index (χ3n) is 3.47. The monoisotopic (exact) mass is 262 g/mol. The van der Waals surface area contributed by atoms with Crippen LogP contribution in [0.2, 0.25) is 0 Å². The van der Waals surface area contributed by atoms with E-state index >= 15 is 0 Å². The van der Waals surface area contributed by atoms with Crippen molar-refractivity contribution in [3.63, 3.8) is 0 Å². The molecular formula is C15H22N2O2. The zero-order valence-corrected chi connectivity index (χ0v) is 11.9. The summed E-state index contributed by atoms with van der Waals surface area (Å²) in [7, 11) is 0. The molecule has 1 amide bonds. The van der Waals surface area contributed by atoms with Crippen LogP contribution in [-0.4, -0.2) is 35.5 Å². The van der Waals surface area contributed by atoms with Gasteiger partial charge in [0, 0.05) is 18.8 Å². The largest absolute Gasteiger partial charge is 0.482 e. The minimum Gasteiger partial charge on any atom is -0.482 e. The first kappa shape index (κ1) is 13.8. The fourth-order valence-corrected chi connectivity index (χ4v) is 2.64. The second-order valence-corrected chi connectivity index (χ2v) is 5.67. The summed E-state index contributed by atoms with van der Waals surface area (Å²) in [5.74, 6) is 1.87. The lowest BCUT2D eigenvalue weighted by atomic mass is 9.92. The molecule has 2 atom stereocenters. The number of carbonyl (C=O) groups excluding carboxylic acids is 1. The Bertz CT molecular complexity index is 420. The van der Waals surface area contributed by atoms with Gasteiger partial charge in [-0.1, -0.05) is 13.8 Å². The number of rotatable bonds is 3. The molecular weight excluding hydrogens is 240 g/mol. The van der Waals surface area contributed by atoms with E-state index in [0.717, 1.165) is 18.8 Å². The molecule has 0 N–H and O–H groups in total. The number of hydrogen-bond acceptors (Lipinski definition) is 3. The molecule has 0 saturated carbocycles. The van der Waals surface area contributed by atoms with Crippen molar-refractivity contribution in [2.45, 2.75) is 27.2 Å². The summed E-state index contributed by atoms with van der Waals surface area (Å²) in [5.41, 5.74) is 0.942. The molecule has 0 radical (unpaired) electrons. The number of likely N-dealkylation sites (tertiary alicyclic amines) is 1. The van der Waals surface area contributed by atoms with E-state index in [1.165, 1.54) is 6.42 Å². The van der Waals surface area contributed by atoms with Crippen molar-refractivity contribution in [2.24, 2.45) is 11.8 Å². The number of hydrogen-bond donors (Lipinski definition) is 0. The number of pyridine rings is 1. The SMILES string of the molecule is Cc1ccc(OCC(=O)N2C[C@H](C)C[C@H](C)C2)cn1. The van der Waals surface area contributed by atoms with Crippen LogP contribution >= 0.6 is 0 Å². The number of piperidine rings is 1. The molecule has 104 valence electrons. The third-order valence-corrected chi connectivity index (χ3v) is 3.47. The Labute approximate surface area is 114 Å². The Morgan fingerprint density at radius 2 is 2.05 bits per heavy atom. The van der Waals surface area contributed by atoms with E-state index < -0.39 is 0 Å². The molecule has 0 unspecified atom stereocenters. The molecule has 4 heteroatoms. The van der Waals surface area contributed by atoms with Crippen LogP contribution < -0.4 is 4.74 Å². The first-order valence-electron chi connectivity index (χ1n) is 6.88. The van der Waals surface area contributed by atoms with Gasteiger partial charge in [0.25, 0.3) is 5.91 Å². The highest BCUT2D eigenvalue weighted by molar-refractivity contribution is 5.77. The lowest BCUT2D eigenvalue weighted by Crippen LogP contribution is -2.44. The topological polar surface area (TPSA) is 42.4 Å². The second kappa shape index (κ2) is 6.04. The first-order chi connectivity index (χ1) is 9.04. The molecule has 1 aromatic heterocycles. The molecule has 0 aliphatic carbocycles. The van der Waals surface area contributed by atoms with Crippen LogP contribution in [0.25, 0.3) is 0 Å². The molecule has 19 heavy (non-hydrogen) atoms. The summed E-state index contributed by atoms with van der Waals surface area (Å²) in [5, 5.41) is 0. The predicted molar refractivity (Wildman–Crippen MR) is 74.0 cm³/mol. The van der Waals surface area contributed by atoms with Gasteiger partial charge in [-0.15, -0.1) is 0 Å². The Kier molecular flexibility index (Phi) is 4.40. The van der Waals surface area contributed by atoms with Crippen molar-refractivity contribution in [1.29, 1.82) is 0 Å².